The molecule has 1 nitrogen and oxygen atoms in total. The summed E-state index contributed by atoms with van der Waals surface area (Å²) in [5.74, 6) is 0. The molecule has 0 saturated carbocycles. The summed E-state index contributed by atoms with van der Waals surface area (Å²) >= 11 is 0. The first-order valence-corrected chi connectivity index (χ1v) is 5.14. The molecule has 1 rings (SSSR count). The second-order valence-corrected chi connectivity index (χ2v) is 2.99. The summed E-state index contributed by atoms with van der Waals surface area (Å²) in [6.45, 7) is 6.03. The van der Waals surface area contributed by atoms with Gasteiger partial charge in [-0.15, -0.1) is 0 Å². The molecule has 0 saturated heterocycles. The minimum Gasteiger partial charge on any atom is -0.378 e. The zero-order valence-electron chi connectivity index (χ0n) is 9.91. The van der Waals surface area contributed by atoms with E-state index in [4.69, 9.17) is 0 Å². The van der Waals surface area contributed by atoms with Gasteiger partial charge in [0.25, 0.3) is 0 Å². The number of nitrogens with zero attached hydrogens (tertiary/aromatic N) is 1. The van der Waals surface area contributed by atoms with E-state index in [2.05, 4.69) is 35.2 Å². The highest BCUT2D eigenvalue weighted by Crippen LogP contribution is 2.12. The van der Waals surface area contributed by atoms with Gasteiger partial charge in [0.2, 0.25) is 0 Å². The fourth-order valence-corrected chi connectivity index (χ4v) is 1.08. The van der Waals surface area contributed by atoms with E-state index >= 15 is 0 Å². The molecule has 0 bridgehead atoms. The lowest BCUT2D eigenvalue weighted by Gasteiger charge is -2.11. The summed E-state index contributed by atoms with van der Waals surface area (Å²) in [6.07, 6.45) is 4.14. The average molecular weight is 191 g/mol. The predicted molar refractivity (Wildman–Crippen MR) is 66.8 cm³/mol. The summed E-state index contributed by atoms with van der Waals surface area (Å²) in [4.78, 5) is 2.10. The van der Waals surface area contributed by atoms with Crippen LogP contribution in [0.1, 0.15) is 26.3 Å². The maximum absolute atomic E-state index is 2.12. The van der Waals surface area contributed by atoms with Gasteiger partial charge in [-0.3, -0.25) is 0 Å². The van der Waals surface area contributed by atoms with Gasteiger partial charge >= 0.3 is 0 Å². The first-order chi connectivity index (χ1) is 6.74. The Morgan fingerprint density at radius 1 is 1.00 bits per heavy atom. The summed E-state index contributed by atoms with van der Waals surface area (Å²) in [5.41, 5.74) is 2.49. The van der Waals surface area contributed by atoms with Crippen molar-refractivity contribution in [1.82, 2.24) is 0 Å². The van der Waals surface area contributed by atoms with Crippen molar-refractivity contribution >= 4 is 11.8 Å². The number of anilines is 1. The number of hydrogen-bond acceptors (Lipinski definition) is 1. The van der Waals surface area contributed by atoms with E-state index in [9.17, 15) is 0 Å². The van der Waals surface area contributed by atoms with Crippen molar-refractivity contribution in [3.63, 3.8) is 0 Å². The Morgan fingerprint density at radius 2 is 1.50 bits per heavy atom. The van der Waals surface area contributed by atoms with Crippen molar-refractivity contribution < 1.29 is 0 Å². The molecule has 14 heavy (non-hydrogen) atoms. The Hall–Kier alpha value is -1.24. The smallest absolute Gasteiger partial charge is 0.0361 e. The molecule has 0 N–H and O–H groups in total. The van der Waals surface area contributed by atoms with Gasteiger partial charge in [-0.1, -0.05) is 38.1 Å². The Labute approximate surface area is 88.1 Å². The molecule has 0 spiro atoms. The van der Waals surface area contributed by atoms with E-state index in [1.165, 1.54) is 11.3 Å². The first kappa shape index (κ1) is 12.8. The lowest BCUT2D eigenvalue weighted by Crippen LogP contribution is -2.07. The second kappa shape index (κ2) is 7.19. The lowest BCUT2D eigenvalue weighted by molar-refractivity contribution is 1.13. The van der Waals surface area contributed by atoms with Gasteiger partial charge < -0.3 is 4.90 Å². The molecule has 0 unspecified atom stereocenters. The number of hydrogen-bond donors (Lipinski definition) is 0. The number of rotatable bonds is 2. The van der Waals surface area contributed by atoms with Crippen LogP contribution >= 0.6 is 0 Å². The fraction of sp³-hybridized carbons (Fsp3) is 0.385. The molecule has 0 atom stereocenters. The summed E-state index contributed by atoms with van der Waals surface area (Å²) in [6, 6.07) is 8.48. The Balaban J connectivity index is 0.000000791. The predicted octanol–water partition coefficient (Wildman–Crippen LogP) is 3.81. The topological polar surface area (TPSA) is 3.24 Å². The third kappa shape index (κ3) is 4.13. The Morgan fingerprint density at radius 3 is 1.86 bits per heavy atom. The van der Waals surface area contributed by atoms with E-state index < -0.39 is 0 Å². The molecule has 1 aromatic rings. The SMILES string of the molecule is C/C=C/c1ccc(N(C)C)cc1.CC. The van der Waals surface area contributed by atoms with Crippen LogP contribution in [0.25, 0.3) is 6.08 Å². The maximum Gasteiger partial charge on any atom is 0.0361 e. The van der Waals surface area contributed by atoms with Crippen LogP contribution in [0.3, 0.4) is 0 Å². The van der Waals surface area contributed by atoms with Crippen molar-refractivity contribution in [3.8, 4) is 0 Å². The summed E-state index contributed by atoms with van der Waals surface area (Å²) < 4.78 is 0. The van der Waals surface area contributed by atoms with Crippen molar-refractivity contribution in [3.05, 3.63) is 35.9 Å². The molecule has 0 amide bonds. The standard InChI is InChI=1S/C11H15N.C2H6/c1-4-5-10-6-8-11(9-7-10)12(2)3;1-2/h4-9H,1-3H3;1-2H3/b5-4+;. The van der Waals surface area contributed by atoms with Crippen LogP contribution in [0.5, 0.6) is 0 Å². The van der Waals surface area contributed by atoms with Crippen molar-refractivity contribution in [1.29, 1.82) is 0 Å². The van der Waals surface area contributed by atoms with Gasteiger partial charge in [0.1, 0.15) is 0 Å². The van der Waals surface area contributed by atoms with E-state index in [1.54, 1.807) is 0 Å². The summed E-state index contributed by atoms with van der Waals surface area (Å²) in [7, 11) is 4.09. The highest BCUT2D eigenvalue weighted by atomic mass is 15.1. The molecular formula is C13H21N. The van der Waals surface area contributed by atoms with Crippen LogP contribution in [-0.2, 0) is 0 Å². The van der Waals surface area contributed by atoms with Crippen LogP contribution in [0.4, 0.5) is 5.69 Å². The third-order valence-electron chi connectivity index (χ3n) is 1.77. The Bertz CT molecular complexity index is 257. The minimum absolute atomic E-state index is 1.24. The first-order valence-electron chi connectivity index (χ1n) is 5.14. The molecule has 0 aliphatic carbocycles. The van der Waals surface area contributed by atoms with Gasteiger partial charge in [0.15, 0.2) is 0 Å². The van der Waals surface area contributed by atoms with E-state index in [-0.39, 0.29) is 0 Å². The molecular weight excluding hydrogens is 170 g/mol. The van der Waals surface area contributed by atoms with Crippen LogP contribution < -0.4 is 4.90 Å². The molecule has 0 aliphatic rings. The second-order valence-electron chi connectivity index (χ2n) is 2.99. The minimum atomic E-state index is 1.24. The largest absolute Gasteiger partial charge is 0.378 e. The zero-order chi connectivity index (χ0) is 11.0. The van der Waals surface area contributed by atoms with Crippen LogP contribution in [0.15, 0.2) is 30.3 Å². The van der Waals surface area contributed by atoms with Crippen LogP contribution in [-0.4, -0.2) is 14.1 Å². The molecule has 0 aromatic heterocycles. The van der Waals surface area contributed by atoms with E-state index in [0.29, 0.717) is 0 Å². The van der Waals surface area contributed by atoms with Crippen LogP contribution in [0, 0.1) is 0 Å². The highest BCUT2D eigenvalue weighted by molar-refractivity contribution is 5.55. The van der Waals surface area contributed by atoms with E-state index in [0.717, 1.165) is 0 Å². The fourth-order valence-electron chi connectivity index (χ4n) is 1.08. The van der Waals surface area contributed by atoms with Crippen molar-refractivity contribution in [2.75, 3.05) is 19.0 Å². The summed E-state index contributed by atoms with van der Waals surface area (Å²) in [5, 5.41) is 0. The molecule has 0 radical (unpaired) electrons. The molecule has 0 fully saturated rings. The van der Waals surface area contributed by atoms with Gasteiger partial charge in [-0.25, -0.2) is 0 Å². The number of benzene rings is 1. The van der Waals surface area contributed by atoms with Crippen molar-refractivity contribution in [2.45, 2.75) is 20.8 Å². The molecule has 1 aromatic carbocycles. The molecule has 1 heteroatoms. The average Bonchev–Trinajstić information content (AvgIpc) is 2.22. The maximum atomic E-state index is 2.12. The molecule has 0 heterocycles. The third-order valence-corrected chi connectivity index (χ3v) is 1.77. The molecule has 78 valence electrons. The zero-order valence-corrected chi connectivity index (χ0v) is 9.91. The lowest BCUT2D eigenvalue weighted by atomic mass is 10.2. The van der Waals surface area contributed by atoms with Gasteiger partial charge in [0.05, 0.1) is 0 Å². The van der Waals surface area contributed by atoms with E-state index in [1.807, 2.05) is 40.9 Å². The van der Waals surface area contributed by atoms with Gasteiger partial charge in [-0.2, -0.15) is 0 Å². The Kier molecular flexibility index (Phi) is 6.55. The van der Waals surface area contributed by atoms with Crippen LogP contribution in [0.2, 0.25) is 0 Å². The molecule has 0 aliphatic heterocycles. The monoisotopic (exact) mass is 191 g/mol. The highest BCUT2D eigenvalue weighted by Gasteiger charge is 1.92. The quantitative estimate of drug-likeness (QED) is 0.687. The number of allylic oxidation sites excluding steroid dienone is 1. The normalized spacial score (nSPS) is 9.50. The van der Waals surface area contributed by atoms with Gasteiger partial charge in [0, 0.05) is 19.8 Å². The van der Waals surface area contributed by atoms with Crippen molar-refractivity contribution in [2.24, 2.45) is 0 Å². The van der Waals surface area contributed by atoms with Gasteiger partial charge in [-0.05, 0) is 24.6 Å².